The smallest absolute Gasteiger partial charge is 0.307 e. The Bertz CT molecular complexity index is 1530. The van der Waals surface area contributed by atoms with Crippen LogP contribution in [0.15, 0.2) is 71.6 Å². The summed E-state index contributed by atoms with van der Waals surface area (Å²) in [5.74, 6) is -0.890. The normalized spacial score (nSPS) is 16.9. The number of aryl methyl sites for hydroxylation is 1. The number of hydrazine groups is 1. The maximum absolute atomic E-state index is 13.6. The maximum Gasteiger partial charge on any atom is 0.338 e. The van der Waals surface area contributed by atoms with Gasteiger partial charge in [0.15, 0.2) is 4.32 Å². The molecule has 11 heteroatoms. The number of hydrogen-bond donors (Lipinski definition) is 2. The highest BCUT2D eigenvalue weighted by Crippen LogP contribution is 2.44. The monoisotopic (exact) mass is 568 g/mol. The van der Waals surface area contributed by atoms with Crippen LogP contribution in [-0.4, -0.2) is 27.2 Å². The fourth-order valence-electron chi connectivity index (χ4n) is 4.10. The number of amides is 4. The van der Waals surface area contributed by atoms with Gasteiger partial charge in [0.1, 0.15) is 0 Å². The van der Waals surface area contributed by atoms with Crippen LogP contribution in [-0.2, 0) is 16.1 Å². The number of halogens is 2. The van der Waals surface area contributed by atoms with Crippen molar-refractivity contribution in [2.45, 2.75) is 13.5 Å². The van der Waals surface area contributed by atoms with Crippen LogP contribution in [0.25, 0.3) is 5.57 Å². The molecule has 2 heterocycles. The van der Waals surface area contributed by atoms with Crippen molar-refractivity contribution in [3.05, 3.63) is 98.4 Å². The molecule has 0 bridgehead atoms. The highest BCUT2D eigenvalue weighted by atomic mass is 35.5. The first-order chi connectivity index (χ1) is 17.7. The molecule has 2 aliphatic rings. The molecule has 0 aliphatic carbocycles. The van der Waals surface area contributed by atoms with Gasteiger partial charge in [-0.15, -0.1) is 0 Å². The van der Waals surface area contributed by atoms with E-state index in [0.29, 0.717) is 28.5 Å². The standard InChI is InChI=1S/C26H18Cl2N4O3S2/c1-14-5-4-6-15(11-14)13-31-20-8-3-2-7-17(20)21(23(31)33)22-24(34)32(26(36)37-22)30-25(35)29-16-9-10-18(27)19(28)12-16/h2-12H,13H2,1H3,(H2,29,30,35). The van der Waals surface area contributed by atoms with Gasteiger partial charge in [-0.3, -0.25) is 9.59 Å². The molecular formula is C26H18Cl2N4O3S2. The van der Waals surface area contributed by atoms with Gasteiger partial charge >= 0.3 is 6.03 Å². The second-order valence-electron chi connectivity index (χ2n) is 8.30. The summed E-state index contributed by atoms with van der Waals surface area (Å²) in [5, 5.41) is 4.14. The first-order valence-electron chi connectivity index (χ1n) is 11.0. The lowest BCUT2D eigenvalue weighted by Crippen LogP contribution is -2.46. The first kappa shape index (κ1) is 25.3. The van der Waals surface area contributed by atoms with Crippen LogP contribution in [0.4, 0.5) is 16.2 Å². The van der Waals surface area contributed by atoms with Gasteiger partial charge in [-0.25, -0.2) is 10.2 Å². The minimum Gasteiger partial charge on any atom is -0.307 e. The Morgan fingerprint density at radius 2 is 1.76 bits per heavy atom. The second kappa shape index (κ2) is 10.2. The number of carbonyl (C=O) groups excluding carboxylic acids is 3. The molecule has 1 fully saturated rings. The molecule has 0 atom stereocenters. The van der Waals surface area contributed by atoms with Crippen molar-refractivity contribution in [3.63, 3.8) is 0 Å². The highest BCUT2D eigenvalue weighted by Gasteiger charge is 2.42. The number of rotatable bonds is 4. The first-order valence-corrected chi connectivity index (χ1v) is 13.0. The summed E-state index contributed by atoms with van der Waals surface area (Å²) in [5.41, 5.74) is 6.49. The molecule has 0 saturated carbocycles. The van der Waals surface area contributed by atoms with Crippen LogP contribution in [0.1, 0.15) is 16.7 Å². The van der Waals surface area contributed by atoms with Crippen molar-refractivity contribution in [2.24, 2.45) is 0 Å². The zero-order valence-electron chi connectivity index (χ0n) is 19.2. The van der Waals surface area contributed by atoms with Crippen LogP contribution in [0, 0.1) is 6.92 Å². The SMILES string of the molecule is Cc1cccc(CN2C(=O)C(=C3SC(=S)N(NC(=O)Nc4ccc(Cl)c(Cl)c4)C3=O)c3ccccc32)c1. The molecule has 37 heavy (non-hydrogen) atoms. The van der Waals surface area contributed by atoms with E-state index in [1.807, 2.05) is 49.4 Å². The van der Waals surface area contributed by atoms with E-state index in [0.717, 1.165) is 27.9 Å². The number of anilines is 2. The Kier molecular flexibility index (Phi) is 6.96. The number of thiocarbonyl (C=S) groups is 1. The number of nitrogens with zero attached hydrogens (tertiary/aromatic N) is 2. The molecule has 2 N–H and O–H groups in total. The van der Waals surface area contributed by atoms with Crippen LogP contribution < -0.4 is 15.6 Å². The van der Waals surface area contributed by atoms with Gasteiger partial charge in [0.05, 0.1) is 32.8 Å². The summed E-state index contributed by atoms with van der Waals surface area (Å²) in [6, 6.07) is 19.1. The van der Waals surface area contributed by atoms with Crippen molar-refractivity contribution < 1.29 is 14.4 Å². The van der Waals surface area contributed by atoms with Gasteiger partial charge in [-0.2, -0.15) is 5.01 Å². The number of nitrogens with one attached hydrogen (secondary N) is 2. The fraction of sp³-hybridized carbons (Fsp3) is 0.0769. The Hall–Kier alpha value is -3.37. The molecule has 3 aromatic rings. The van der Waals surface area contributed by atoms with Crippen LogP contribution in [0.2, 0.25) is 10.0 Å². The number of benzene rings is 3. The van der Waals surface area contributed by atoms with Gasteiger partial charge in [0, 0.05) is 11.3 Å². The number of fused-ring (bicyclic) bond motifs is 1. The number of hydrogen-bond acceptors (Lipinski definition) is 5. The molecule has 0 spiro atoms. The summed E-state index contributed by atoms with van der Waals surface area (Å²) in [4.78, 5) is 41.4. The Labute approximate surface area is 232 Å². The predicted molar refractivity (Wildman–Crippen MR) is 151 cm³/mol. The quantitative estimate of drug-likeness (QED) is 0.291. The minimum atomic E-state index is -0.708. The van der Waals surface area contributed by atoms with Crippen LogP contribution in [0.5, 0.6) is 0 Å². The number of urea groups is 1. The summed E-state index contributed by atoms with van der Waals surface area (Å²) >= 11 is 18.2. The average molecular weight is 569 g/mol. The van der Waals surface area contributed by atoms with E-state index in [1.165, 1.54) is 12.1 Å². The van der Waals surface area contributed by atoms with Crippen molar-refractivity contribution in [1.82, 2.24) is 10.4 Å². The molecule has 186 valence electrons. The third-order valence-electron chi connectivity index (χ3n) is 5.73. The summed E-state index contributed by atoms with van der Waals surface area (Å²) in [6.45, 7) is 2.34. The highest BCUT2D eigenvalue weighted by molar-refractivity contribution is 8.26. The molecular weight excluding hydrogens is 551 g/mol. The average Bonchev–Trinajstić information content (AvgIpc) is 3.29. The maximum atomic E-state index is 13.6. The zero-order chi connectivity index (χ0) is 26.3. The van der Waals surface area contributed by atoms with Crippen molar-refractivity contribution in [1.29, 1.82) is 0 Å². The molecule has 7 nitrogen and oxygen atoms in total. The van der Waals surface area contributed by atoms with Crippen molar-refractivity contribution in [3.8, 4) is 0 Å². The lowest BCUT2D eigenvalue weighted by atomic mass is 10.1. The van der Waals surface area contributed by atoms with Gasteiger partial charge in [0.2, 0.25) is 0 Å². The van der Waals surface area contributed by atoms with E-state index in [-0.39, 0.29) is 25.7 Å². The predicted octanol–water partition coefficient (Wildman–Crippen LogP) is 6.16. The zero-order valence-corrected chi connectivity index (χ0v) is 22.4. The summed E-state index contributed by atoms with van der Waals surface area (Å²) in [7, 11) is 0. The van der Waals surface area contributed by atoms with Crippen LogP contribution in [0.3, 0.4) is 0 Å². The van der Waals surface area contributed by atoms with Crippen molar-refractivity contribution in [2.75, 3.05) is 10.2 Å². The van der Waals surface area contributed by atoms with E-state index in [1.54, 1.807) is 17.0 Å². The lowest BCUT2D eigenvalue weighted by molar-refractivity contribution is -0.123. The molecule has 1 saturated heterocycles. The van der Waals surface area contributed by atoms with Crippen LogP contribution >= 0.6 is 47.2 Å². The number of thioether (sulfide) groups is 1. The molecule has 4 amide bonds. The van der Waals surface area contributed by atoms with Gasteiger partial charge < -0.3 is 10.2 Å². The van der Waals surface area contributed by atoms with E-state index in [4.69, 9.17) is 35.4 Å². The summed E-state index contributed by atoms with van der Waals surface area (Å²) < 4.78 is 0.0965. The third-order valence-corrected chi connectivity index (χ3v) is 7.85. The van der Waals surface area contributed by atoms with E-state index >= 15 is 0 Å². The van der Waals surface area contributed by atoms with E-state index < -0.39 is 11.9 Å². The number of para-hydroxylation sites is 1. The topological polar surface area (TPSA) is 81.8 Å². The van der Waals surface area contributed by atoms with Gasteiger partial charge in [-0.05, 0) is 49.0 Å². The van der Waals surface area contributed by atoms with E-state index in [2.05, 4.69) is 10.7 Å². The molecule has 0 radical (unpaired) electrons. The number of carbonyl (C=O) groups is 3. The molecule has 5 rings (SSSR count). The molecule has 2 aliphatic heterocycles. The Morgan fingerprint density at radius 1 is 0.973 bits per heavy atom. The lowest BCUT2D eigenvalue weighted by Gasteiger charge is -2.17. The molecule has 0 aromatic heterocycles. The van der Waals surface area contributed by atoms with Crippen molar-refractivity contribution >= 4 is 86.3 Å². The van der Waals surface area contributed by atoms with E-state index in [9.17, 15) is 14.4 Å². The minimum absolute atomic E-state index is 0.0965. The largest absolute Gasteiger partial charge is 0.338 e. The Morgan fingerprint density at radius 3 is 2.51 bits per heavy atom. The second-order valence-corrected chi connectivity index (χ2v) is 10.8. The molecule has 3 aromatic carbocycles. The third kappa shape index (κ3) is 4.95. The van der Waals surface area contributed by atoms with Gasteiger partial charge in [-0.1, -0.05) is 83.0 Å². The molecule has 0 unspecified atom stereocenters. The van der Waals surface area contributed by atoms with Gasteiger partial charge in [0.25, 0.3) is 11.8 Å². The Balaban J connectivity index is 1.41. The summed E-state index contributed by atoms with van der Waals surface area (Å²) in [6.07, 6.45) is 0. The fourth-order valence-corrected chi connectivity index (χ4v) is 5.65.